The van der Waals surface area contributed by atoms with E-state index < -0.39 is 17.1 Å². The Balaban J connectivity index is 1.86. The maximum atomic E-state index is 13.2. The Kier molecular flexibility index (Phi) is 3.36. The van der Waals surface area contributed by atoms with Gasteiger partial charge in [-0.25, -0.2) is 0 Å². The number of allylic oxidation sites excluding steroid dienone is 1. The van der Waals surface area contributed by atoms with Gasteiger partial charge in [0.1, 0.15) is 0 Å². The summed E-state index contributed by atoms with van der Waals surface area (Å²) in [7, 11) is 0. The van der Waals surface area contributed by atoms with Crippen molar-refractivity contribution in [2.45, 2.75) is 30.6 Å². The zero-order valence-electron chi connectivity index (χ0n) is 14.3. The summed E-state index contributed by atoms with van der Waals surface area (Å²) in [6, 6.07) is 13.9. The molecule has 0 spiro atoms. The predicted octanol–water partition coefficient (Wildman–Crippen LogP) is 3.05. The molecule has 5 rings (SSSR count). The van der Waals surface area contributed by atoms with E-state index in [1.165, 1.54) is 0 Å². The lowest BCUT2D eigenvalue weighted by Crippen LogP contribution is -2.58. The fourth-order valence-electron chi connectivity index (χ4n) is 4.69. The Morgan fingerprint density at radius 3 is 2.41 bits per heavy atom. The molecular formula is C21H16BrNO4. The third kappa shape index (κ3) is 1.85. The predicted molar refractivity (Wildman–Crippen MR) is 102 cm³/mol. The molecule has 0 saturated carbocycles. The Morgan fingerprint density at radius 1 is 0.963 bits per heavy atom. The first-order valence-electron chi connectivity index (χ1n) is 8.82. The van der Waals surface area contributed by atoms with Crippen molar-refractivity contribution in [1.82, 2.24) is 0 Å². The summed E-state index contributed by atoms with van der Waals surface area (Å²) in [6.45, 7) is 0. The molecule has 0 radical (unpaired) electrons. The number of hydrogen-bond donors (Lipinski definition) is 2. The normalized spacial score (nSPS) is 29.1. The third-order valence-corrected chi connectivity index (χ3v) is 6.33. The van der Waals surface area contributed by atoms with Crippen LogP contribution in [0.5, 0.6) is 0 Å². The largest absolute Gasteiger partial charge is 0.372 e. The molecule has 136 valence electrons. The van der Waals surface area contributed by atoms with E-state index in [0.717, 1.165) is 4.47 Å². The number of nitrogens with zero attached hydrogens (tertiary/aromatic N) is 1. The number of hydrogen-bond acceptors (Lipinski definition) is 5. The molecule has 5 nitrogen and oxygen atoms in total. The van der Waals surface area contributed by atoms with E-state index in [1.54, 1.807) is 41.3 Å². The average Bonchev–Trinajstić information content (AvgIpc) is 2.98. The zero-order valence-corrected chi connectivity index (χ0v) is 15.9. The van der Waals surface area contributed by atoms with Crippen LogP contribution in [-0.4, -0.2) is 27.4 Å². The molecule has 0 amide bonds. The van der Waals surface area contributed by atoms with Gasteiger partial charge in [0.25, 0.3) is 0 Å². The topological polar surface area (TPSA) is 77.8 Å². The monoisotopic (exact) mass is 425 g/mol. The van der Waals surface area contributed by atoms with E-state index in [2.05, 4.69) is 15.9 Å². The first-order chi connectivity index (χ1) is 12.9. The van der Waals surface area contributed by atoms with Crippen molar-refractivity contribution in [3.63, 3.8) is 0 Å². The van der Waals surface area contributed by atoms with Gasteiger partial charge in [-0.3, -0.25) is 9.59 Å². The Morgan fingerprint density at radius 2 is 1.67 bits per heavy atom. The zero-order chi connectivity index (χ0) is 19.0. The molecule has 2 aliphatic carbocycles. The van der Waals surface area contributed by atoms with Crippen molar-refractivity contribution in [3.8, 4) is 0 Å². The number of anilines is 1. The van der Waals surface area contributed by atoms with Crippen molar-refractivity contribution in [2.75, 3.05) is 4.90 Å². The van der Waals surface area contributed by atoms with Crippen LogP contribution < -0.4 is 4.90 Å². The summed E-state index contributed by atoms with van der Waals surface area (Å²) in [6.07, 6.45) is 1.39. The van der Waals surface area contributed by atoms with E-state index >= 15 is 0 Å². The van der Waals surface area contributed by atoms with Gasteiger partial charge in [-0.15, -0.1) is 0 Å². The highest BCUT2D eigenvalue weighted by Crippen LogP contribution is 2.59. The van der Waals surface area contributed by atoms with E-state index in [-0.39, 0.29) is 23.3 Å². The molecule has 0 unspecified atom stereocenters. The van der Waals surface area contributed by atoms with Gasteiger partial charge in [0.15, 0.2) is 5.78 Å². The second-order valence-electron chi connectivity index (χ2n) is 7.17. The quantitative estimate of drug-likeness (QED) is 0.733. The first-order valence-corrected chi connectivity index (χ1v) is 9.61. The smallest absolute Gasteiger partial charge is 0.211 e. The summed E-state index contributed by atoms with van der Waals surface area (Å²) in [5.74, 6) is -0.902. The molecule has 0 fully saturated rings. The number of fused-ring (bicyclic) bond motifs is 4. The van der Waals surface area contributed by atoms with Crippen molar-refractivity contribution in [3.05, 3.63) is 75.4 Å². The number of carbonyl (C=O) groups is 2. The van der Waals surface area contributed by atoms with Crippen molar-refractivity contribution < 1.29 is 19.8 Å². The van der Waals surface area contributed by atoms with Crippen molar-refractivity contribution in [2.24, 2.45) is 0 Å². The number of benzene rings is 2. The van der Waals surface area contributed by atoms with Crippen molar-refractivity contribution >= 4 is 33.2 Å². The summed E-state index contributed by atoms with van der Waals surface area (Å²) in [5.41, 5.74) is -2.59. The summed E-state index contributed by atoms with van der Waals surface area (Å²) >= 11 is 3.40. The standard InChI is InChI=1S/C21H16BrNO4/c22-12-8-10-13(11-9-12)23-16-6-3-7-17(24)18(16)20(26)19(25)14-4-1-2-5-15(14)21(20,23)27/h1-2,4-5,8-11,26-27H,3,6-7H2/t20-,21+/m0/s1. The molecule has 2 atom stereocenters. The molecule has 6 heteroatoms. The minimum atomic E-state index is -2.30. The Labute approximate surface area is 164 Å². The number of ketones is 2. The molecule has 0 saturated heterocycles. The second kappa shape index (κ2) is 5.38. The van der Waals surface area contributed by atoms with E-state index in [1.807, 2.05) is 12.1 Å². The second-order valence-corrected chi connectivity index (χ2v) is 8.08. The minimum Gasteiger partial charge on any atom is -0.372 e. The lowest BCUT2D eigenvalue weighted by Gasteiger charge is -2.40. The van der Waals surface area contributed by atoms with E-state index in [4.69, 9.17) is 0 Å². The van der Waals surface area contributed by atoms with Gasteiger partial charge >= 0.3 is 0 Å². The highest BCUT2D eigenvalue weighted by atomic mass is 79.9. The fraction of sp³-hybridized carbons (Fsp3) is 0.238. The maximum absolute atomic E-state index is 13.2. The molecule has 3 aliphatic rings. The lowest BCUT2D eigenvalue weighted by atomic mass is 9.80. The van der Waals surface area contributed by atoms with Crippen LogP contribution in [0, 0.1) is 0 Å². The van der Waals surface area contributed by atoms with E-state index in [9.17, 15) is 19.8 Å². The molecule has 1 aliphatic heterocycles. The molecule has 0 aromatic heterocycles. The number of aliphatic hydroxyl groups is 2. The van der Waals surface area contributed by atoms with Crippen LogP contribution in [0.3, 0.4) is 0 Å². The molecule has 1 heterocycles. The third-order valence-electron chi connectivity index (χ3n) is 5.81. The van der Waals surface area contributed by atoms with Gasteiger partial charge in [-0.1, -0.05) is 40.2 Å². The number of Topliss-reactive ketones (excluding diaryl/α,β-unsaturated/α-hetero) is 2. The fourth-order valence-corrected chi connectivity index (χ4v) is 4.96. The van der Waals surface area contributed by atoms with Gasteiger partial charge in [-0.05, 0) is 37.1 Å². The Bertz CT molecular complexity index is 1040. The van der Waals surface area contributed by atoms with E-state index in [0.29, 0.717) is 29.8 Å². The Hall–Kier alpha value is -2.28. The van der Waals surface area contributed by atoms with Crippen LogP contribution in [0.25, 0.3) is 0 Å². The van der Waals surface area contributed by atoms with Gasteiger partial charge < -0.3 is 15.1 Å². The van der Waals surface area contributed by atoms with Crippen LogP contribution in [0.15, 0.2) is 64.3 Å². The average molecular weight is 426 g/mol. The first kappa shape index (κ1) is 16.9. The molecular weight excluding hydrogens is 410 g/mol. The molecule has 27 heavy (non-hydrogen) atoms. The minimum absolute atomic E-state index is 0.0420. The number of carbonyl (C=O) groups excluding carboxylic acids is 2. The molecule has 2 N–H and O–H groups in total. The van der Waals surface area contributed by atoms with Crippen LogP contribution in [0.4, 0.5) is 5.69 Å². The summed E-state index contributed by atoms with van der Waals surface area (Å²) < 4.78 is 0.865. The van der Waals surface area contributed by atoms with Crippen LogP contribution in [0.2, 0.25) is 0 Å². The lowest BCUT2D eigenvalue weighted by molar-refractivity contribution is -0.123. The van der Waals surface area contributed by atoms with Gasteiger partial charge in [-0.2, -0.15) is 0 Å². The van der Waals surface area contributed by atoms with Gasteiger partial charge in [0.2, 0.25) is 17.1 Å². The maximum Gasteiger partial charge on any atom is 0.211 e. The van der Waals surface area contributed by atoms with Crippen LogP contribution in [0.1, 0.15) is 35.2 Å². The summed E-state index contributed by atoms with van der Waals surface area (Å²) in [5, 5.41) is 23.5. The number of halogens is 1. The molecule has 2 aromatic rings. The van der Waals surface area contributed by atoms with Gasteiger partial charge in [0, 0.05) is 33.4 Å². The molecule has 0 bridgehead atoms. The molecule has 2 aromatic carbocycles. The van der Waals surface area contributed by atoms with Crippen LogP contribution >= 0.6 is 15.9 Å². The summed E-state index contributed by atoms with van der Waals surface area (Å²) in [4.78, 5) is 27.6. The van der Waals surface area contributed by atoms with Crippen molar-refractivity contribution in [1.29, 1.82) is 0 Å². The van der Waals surface area contributed by atoms with Crippen LogP contribution in [-0.2, 0) is 10.5 Å². The van der Waals surface area contributed by atoms with Gasteiger partial charge in [0.05, 0.1) is 5.57 Å². The number of rotatable bonds is 1. The highest BCUT2D eigenvalue weighted by Gasteiger charge is 2.73. The highest BCUT2D eigenvalue weighted by molar-refractivity contribution is 9.10. The SMILES string of the molecule is O=C1CCCC2=C1[C@]1(O)C(=O)c3ccccc3[C@]1(O)N2c1ccc(Br)cc1.